The van der Waals surface area contributed by atoms with E-state index >= 15 is 0 Å². The number of halogens is 1. The fraction of sp³-hybridized carbons (Fsp3) is 0.529. The van der Waals surface area contributed by atoms with Gasteiger partial charge in [0.25, 0.3) is 0 Å². The van der Waals surface area contributed by atoms with E-state index in [2.05, 4.69) is 5.32 Å². The van der Waals surface area contributed by atoms with Crippen molar-refractivity contribution < 1.29 is 23.5 Å². The Kier molecular flexibility index (Phi) is 5.64. The number of likely N-dealkylation sites (tertiary alicyclic amines) is 1. The van der Waals surface area contributed by atoms with Crippen molar-refractivity contribution >= 4 is 17.7 Å². The minimum Gasteiger partial charge on any atom is -0.491 e. The van der Waals surface area contributed by atoms with Crippen molar-refractivity contribution in [2.24, 2.45) is 11.3 Å². The Hall–Kier alpha value is -2.31. The number of ether oxygens (including phenoxy) is 2. The second-order valence-corrected chi connectivity index (χ2v) is 6.19. The Morgan fingerprint density at radius 1 is 1.46 bits per heavy atom. The first-order valence-corrected chi connectivity index (χ1v) is 7.84. The number of methoxy groups -OCH3 is 1. The van der Waals surface area contributed by atoms with Gasteiger partial charge < -0.3 is 19.7 Å². The van der Waals surface area contributed by atoms with Gasteiger partial charge in [0.1, 0.15) is 19.0 Å². The number of amides is 2. The molecule has 2 amide bonds. The summed E-state index contributed by atoms with van der Waals surface area (Å²) in [5.74, 6) is 0.168. The van der Waals surface area contributed by atoms with Crippen molar-refractivity contribution in [1.29, 1.82) is 0 Å². The number of carbonyl (C=O) groups is 2. The summed E-state index contributed by atoms with van der Waals surface area (Å²) < 4.78 is 22.2. The zero-order valence-corrected chi connectivity index (χ0v) is 14.2. The van der Waals surface area contributed by atoms with Gasteiger partial charge in [-0.05, 0) is 25.0 Å². The number of benzene rings is 1. The highest BCUT2D eigenvalue weighted by Gasteiger charge is 2.48. The van der Waals surface area contributed by atoms with E-state index in [1.807, 2.05) is 13.8 Å². The maximum Gasteiger partial charge on any atom is 0.321 e. The number of rotatable bonds is 5. The lowest BCUT2D eigenvalue weighted by Gasteiger charge is -2.24. The normalized spacial score (nSPS) is 23.0. The molecule has 24 heavy (non-hydrogen) atoms. The lowest BCUT2D eigenvalue weighted by Crippen LogP contribution is -2.38. The van der Waals surface area contributed by atoms with Gasteiger partial charge in [-0.15, -0.1) is 0 Å². The quantitative estimate of drug-likeness (QED) is 0.838. The maximum atomic E-state index is 12.4. The van der Waals surface area contributed by atoms with E-state index in [-0.39, 0.29) is 24.5 Å². The van der Waals surface area contributed by atoms with Crippen molar-refractivity contribution in [2.45, 2.75) is 13.8 Å². The van der Waals surface area contributed by atoms with Gasteiger partial charge in [0.15, 0.2) is 0 Å². The zero-order chi connectivity index (χ0) is 17.7. The molecule has 0 saturated carbocycles. The number of esters is 1. The third kappa shape index (κ3) is 3.77. The SMILES string of the molecule is COC(=O)[C@]1(C)CN(C(=O)Nc2cccc(OCCF)c2)C[C@H]1C. The first-order valence-electron chi connectivity index (χ1n) is 7.84. The fourth-order valence-corrected chi connectivity index (χ4v) is 2.83. The number of hydrogen-bond acceptors (Lipinski definition) is 4. The molecule has 0 bridgehead atoms. The Morgan fingerprint density at radius 2 is 2.21 bits per heavy atom. The van der Waals surface area contributed by atoms with E-state index in [0.29, 0.717) is 24.5 Å². The van der Waals surface area contributed by atoms with Gasteiger partial charge in [0.2, 0.25) is 0 Å². The van der Waals surface area contributed by atoms with Crippen LogP contribution in [0.4, 0.5) is 14.9 Å². The predicted octanol–water partition coefficient (Wildman–Crippen LogP) is 2.70. The predicted molar refractivity (Wildman–Crippen MR) is 87.8 cm³/mol. The van der Waals surface area contributed by atoms with Gasteiger partial charge in [-0.2, -0.15) is 0 Å². The van der Waals surface area contributed by atoms with Crippen molar-refractivity contribution in [2.75, 3.05) is 38.8 Å². The third-order valence-electron chi connectivity index (χ3n) is 4.47. The molecule has 7 heteroatoms. The number of nitrogens with zero attached hydrogens (tertiary/aromatic N) is 1. The van der Waals surface area contributed by atoms with Crippen LogP contribution in [0.1, 0.15) is 13.8 Å². The summed E-state index contributed by atoms with van der Waals surface area (Å²) >= 11 is 0. The van der Waals surface area contributed by atoms with Crippen LogP contribution in [0.25, 0.3) is 0 Å². The molecule has 2 rings (SSSR count). The number of alkyl halides is 1. The number of nitrogens with one attached hydrogen (secondary N) is 1. The highest BCUT2D eigenvalue weighted by molar-refractivity contribution is 5.90. The number of carbonyl (C=O) groups excluding carboxylic acids is 2. The van der Waals surface area contributed by atoms with Crippen LogP contribution in [-0.4, -0.2) is 50.4 Å². The summed E-state index contributed by atoms with van der Waals surface area (Å²) in [4.78, 5) is 26.0. The van der Waals surface area contributed by atoms with E-state index in [0.717, 1.165) is 0 Å². The van der Waals surface area contributed by atoms with Crippen LogP contribution in [0.3, 0.4) is 0 Å². The van der Waals surface area contributed by atoms with E-state index in [1.165, 1.54) is 7.11 Å². The molecule has 0 aromatic heterocycles. The van der Waals surface area contributed by atoms with Gasteiger partial charge in [-0.1, -0.05) is 13.0 Å². The summed E-state index contributed by atoms with van der Waals surface area (Å²) in [6, 6.07) is 6.47. The third-order valence-corrected chi connectivity index (χ3v) is 4.47. The molecular weight excluding hydrogens is 315 g/mol. The second kappa shape index (κ2) is 7.51. The number of hydrogen-bond donors (Lipinski definition) is 1. The highest BCUT2D eigenvalue weighted by atomic mass is 19.1. The molecule has 1 aromatic carbocycles. The molecule has 1 heterocycles. The van der Waals surface area contributed by atoms with Gasteiger partial charge in [-0.3, -0.25) is 4.79 Å². The highest BCUT2D eigenvalue weighted by Crippen LogP contribution is 2.36. The zero-order valence-electron chi connectivity index (χ0n) is 14.2. The lowest BCUT2D eigenvalue weighted by molar-refractivity contribution is -0.152. The molecule has 0 spiro atoms. The fourth-order valence-electron chi connectivity index (χ4n) is 2.83. The van der Waals surface area contributed by atoms with Crippen LogP contribution in [0.2, 0.25) is 0 Å². The molecule has 6 nitrogen and oxygen atoms in total. The summed E-state index contributed by atoms with van der Waals surface area (Å²) in [7, 11) is 1.35. The first kappa shape index (κ1) is 18.0. The Morgan fingerprint density at radius 3 is 2.88 bits per heavy atom. The summed E-state index contributed by atoms with van der Waals surface area (Å²) in [6.45, 7) is 3.89. The van der Waals surface area contributed by atoms with Crippen LogP contribution >= 0.6 is 0 Å². The Balaban J connectivity index is 2.02. The molecule has 0 radical (unpaired) electrons. The molecule has 2 atom stereocenters. The molecule has 132 valence electrons. The van der Waals surface area contributed by atoms with Crippen LogP contribution in [0.5, 0.6) is 5.75 Å². The van der Waals surface area contributed by atoms with Gasteiger partial charge in [0, 0.05) is 24.8 Å². The topological polar surface area (TPSA) is 67.9 Å². The van der Waals surface area contributed by atoms with E-state index in [1.54, 1.807) is 29.2 Å². The summed E-state index contributed by atoms with van der Waals surface area (Å²) in [6.07, 6.45) is 0. The number of anilines is 1. The van der Waals surface area contributed by atoms with Gasteiger partial charge in [-0.25, -0.2) is 9.18 Å². The molecule has 1 N–H and O–H groups in total. The van der Waals surface area contributed by atoms with E-state index in [9.17, 15) is 14.0 Å². The molecule has 0 aliphatic carbocycles. The molecule has 0 unspecified atom stereocenters. The number of urea groups is 1. The molecule has 1 aliphatic heterocycles. The van der Waals surface area contributed by atoms with Gasteiger partial charge in [0.05, 0.1) is 12.5 Å². The molecule has 1 aromatic rings. The minimum absolute atomic E-state index is 0.00470. The second-order valence-electron chi connectivity index (χ2n) is 6.19. The summed E-state index contributed by atoms with van der Waals surface area (Å²) in [5.41, 5.74) is -0.159. The van der Waals surface area contributed by atoms with Crippen molar-refractivity contribution in [3.63, 3.8) is 0 Å². The smallest absolute Gasteiger partial charge is 0.321 e. The Bertz CT molecular complexity index is 610. The Labute approximate surface area is 140 Å². The minimum atomic E-state index is -0.710. The van der Waals surface area contributed by atoms with Crippen LogP contribution < -0.4 is 10.1 Å². The van der Waals surface area contributed by atoms with Crippen molar-refractivity contribution in [3.8, 4) is 5.75 Å². The largest absolute Gasteiger partial charge is 0.491 e. The average molecular weight is 338 g/mol. The van der Waals surface area contributed by atoms with Crippen LogP contribution in [-0.2, 0) is 9.53 Å². The van der Waals surface area contributed by atoms with E-state index in [4.69, 9.17) is 9.47 Å². The summed E-state index contributed by atoms with van der Waals surface area (Å²) in [5, 5.41) is 2.78. The average Bonchev–Trinajstić information content (AvgIpc) is 2.89. The standard InChI is InChI=1S/C17H23FN2O4/c1-12-10-20(11-17(12,2)15(21)23-3)16(22)19-13-5-4-6-14(9-13)24-8-7-18/h4-6,9,12H,7-8,10-11H2,1-3H3,(H,19,22)/t12-,17-/m1/s1. The first-order chi connectivity index (χ1) is 11.4. The molecular formula is C17H23FN2O4. The van der Waals surface area contributed by atoms with Crippen molar-refractivity contribution in [1.82, 2.24) is 4.90 Å². The monoisotopic (exact) mass is 338 g/mol. The van der Waals surface area contributed by atoms with Crippen molar-refractivity contribution in [3.05, 3.63) is 24.3 Å². The van der Waals surface area contributed by atoms with Crippen LogP contribution in [0.15, 0.2) is 24.3 Å². The lowest BCUT2D eigenvalue weighted by atomic mass is 9.81. The van der Waals surface area contributed by atoms with Gasteiger partial charge >= 0.3 is 12.0 Å². The van der Waals surface area contributed by atoms with Crippen LogP contribution in [0, 0.1) is 11.3 Å². The molecule has 1 aliphatic rings. The van der Waals surface area contributed by atoms with E-state index < -0.39 is 12.1 Å². The maximum absolute atomic E-state index is 12.4. The molecule has 1 fully saturated rings. The molecule has 1 saturated heterocycles.